The Morgan fingerprint density at radius 1 is 1.20 bits per heavy atom. The molecule has 0 aromatic heterocycles. The highest BCUT2D eigenvalue weighted by Crippen LogP contribution is 2.45. The quantitative estimate of drug-likeness (QED) is 0.674. The minimum atomic E-state index is -1.23. The molecule has 4 amide bonds. The van der Waals surface area contributed by atoms with Crippen molar-refractivity contribution >= 4 is 23.5 Å². The Kier molecular flexibility index (Phi) is 6.41. The highest BCUT2D eigenvalue weighted by atomic mass is 19.1. The van der Waals surface area contributed by atoms with E-state index in [9.17, 15) is 23.9 Å². The molecule has 35 heavy (non-hydrogen) atoms. The van der Waals surface area contributed by atoms with Crippen molar-refractivity contribution in [3.05, 3.63) is 76.5 Å². The third kappa shape index (κ3) is 4.66. The number of rotatable bonds is 5. The van der Waals surface area contributed by atoms with Crippen molar-refractivity contribution in [3.63, 3.8) is 0 Å². The molecule has 0 spiro atoms. The number of nitrogens with zero attached hydrogens (tertiary/aromatic N) is 3. The van der Waals surface area contributed by atoms with Crippen LogP contribution in [0.3, 0.4) is 0 Å². The molecule has 2 aliphatic rings. The first-order chi connectivity index (χ1) is 16.6. The number of nitriles is 1. The SMILES string of the molecule is CC(C)(O)CNC(=O)N1C(=O)N(c2cccc(CF)c2)C2=C(C(=O)CC2)[C@@H]1c1ccc(C#N)cc1. The molecule has 1 aliphatic carbocycles. The summed E-state index contributed by atoms with van der Waals surface area (Å²) in [4.78, 5) is 42.6. The number of hydrogen-bond acceptors (Lipinski definition) is 5. The van der Waals surface area contributed by atoms with Crippen molar-refractivity contribution in [2.75, 3.05) is 11.4 Å². The molecule has 2 aromatic carbocycles. The van der Waals surface area contributed by atoms with Crippen molar-refractivity contribution < 1.29 is 23.9 Å². The first-order valence-electron chi connectivity index (χ1n) is 11.2. The summed E-state index contributed by atoms with van der Waals surface area (Å²) in [6, 6.07) is 12.2. The first kappa shape index (κ1) is 24.1. The van der Waals surface area contributed by atoms with Gasteiger partial charge in [-0.15, -0.1) is 0 Å². The van der Waals surface area contributed by atoms with Gasteiger partial charge in [0.2, 0.25) is 0 Å². The van der Waals surface area contributed by atoms with Crippen molar-refractivity contribution in [1.29, 1.82) is 5.26 Å². The van der Waals surface area contributed by atoms with E-state index in [2.05, 4.69) is 5.32 Å². The number of carbonyl (C=O) groups is 3. The van der Waals surface area contributed by atoms with Crippen molar-refractivity contribution in [2.24, 2.45) is 0 Å². The largest absolute Gasteiger partial charge is 0.389 e. The predicted octanol–water partition coefficient (Wildman–Crippen LogP) is 4.11. The van der Waals surface area contributed by atoms with Crippen molar-refractivity contribution in [2.45, 2.75) is 45.0 Å². The molecule has 1 aliphatic heterocycles. The van der Waals surface area contributed by atoms with Gasteiger partial charge in [0.15, 0.2) is 5.78 Å². The molecule has 0 saturated heterocycles. The zero-order valence-electron chi connectivity index (χ0n) is 19.4. The second-order valence-corrected chi connectivity index (χ2v) is 9.18. The van der Waals surface area contributed by atoms with Gasteiger partial charge in [-0.05, 0) is 55.7 Å². The van der Waals surface area contributed by atoms with Crippen LogP contribution in [-0.2, 0) is 11.5 Å². The van der Waals surface area contributed by atoms with Crippen LogP contribution in [-0.4, -0.2) is 40.0 Å². The molecule has 1 atom stereocenters. The highest BCUT2D eigenvalue weighted by Gasteiger charge is 2.48. The van der Waals surface area contributed by atoms with Crippen LogP contribution >= 0.6 is 0 Å². The van der Waals surface area contributed by atoms with E-state index in [1.54, 1.807) is 42.5 Å². The van der Waals surface area contributed by atoms with Gasteiger partial charge in [-0.1, -0.05) is 24.3 Å². The molecule has 0 radical (unpaired) electrons. The fraction of sp³-hybridized carbons (Fsp3) is 0.308. The van der Waals surface area contributed by atoms with Crippen LogP contribution in [0.15, 0.2) is 59.8 Å². The number of alkyl halides is 1. The molecule has 8 nitrogen and oxygen atoms in total. The van der Waals surface area contributed by atoms with Crippen LogP contribution < -0.4 is 10.2 Å². The van der Waals surface area contributed by atoms with E-state index in [1.807, 2.05) is 6.07 Å². The van der Waals surface area contributed by atoms with E-state index in [0.717, 1.165) is 4.90 Å². The van der Waals surface area contributed by atoms with E-state index < -0.39 is 30.4 Å². The zero-order chi connectivity index (χ0) is 25.3. The summed E-state index contributed by atoms with van der Waals surface area (Å²) in [7, 11) is 0. The normalized spacial score (nSPS) is 18.0. The average Bonchev–Trinajstić information content (AvgIpc) is 3.22. The average molecular weight is 477 g/mol. The number of allylic oxidation sites excluding steroid dienone is 1. The Labute approximate surface area is 202 Å². The van der Waals surface area contributed by atoms with Gasteiger partial charge in [0.05, 0.1) is 29.0 Å². The molecule has 1 heterocycles. The number of Topliss-reactive ketones (excluding diaryl/α,β-unsaturated/α-hetero) is 1. The van der Waals surface area contributed by atoms with Gasteiger partial charge < -0.3 is 10.4 Å². The minimum absolute atomic E-state index is 0.132. The van der Waals surface area contributed by atoms with Gasteiger partial charge in [-0.25, -0.2) is 18.9 Å². The Bertz CT molecular complexity index is 1260. The zero-order valence-corrected chi connectivity index (χ0v) is 19.4. The first-order valence-corrected chi connectivity index (χ1v) is 11.2. The van der Waals surface area contributed by atoms with Gasteiger partial charge in [-0.3, -0.25) is 9.69 Å². The molecule has 4 rings (SSSR count). The van der Waals surface area contributed by atoms with Gasteiger partial charge >= 0.3 is 12.1 Å². The van der Waals surface area contributed by atoms with Gasteiger partial charge in [0.1, 0.15) is 6.67 Å². The second kappa shape index (κ2) is 9.31. The highest BCUT2D eigenvalue weighted by molar-refractivity contribution is 6.12. The number of amides is 4. The number of carbonyl (C=O) groups excluding carboxylic acids is 3. The van der Waals surface area contributed by atoms with E-state index >= 15 is 0 Å². The number of nitrogens with one attached hydrogen (secondary N) is 1. The molecular formula is C26H25FN4O4. The monoisotopic (exact) mass is 476 g/mol. The minimum Gasteiger partial charge on any atom is -0.389 e. The number of aliphatic hydroxyl groups is 1. The topological polar surface area (TPSA) is 114 Å². The predicted molar refractivity (Wildman–Crippen MR) is 126 cm³/mol. The Hall–Kier alpha value is -4.03. The fourth-order valence-electron chi connectivity index (χ4n) is 4.35. The maximum absolute atomic E-state index is 13.9. The third-order valence-electron chi connectivity index (χ3n) is 5.97. The summed E-state index contributed by atoms with van der Waals surface area (Å²) < 4.78 is 13.4. The molecule has 0 fully saturated rings. The van der Waals surface area contributed by atoms with Crippen LogP contribution in [0.25, 0.3) is 0 Å². The number of halogens is 1. The van der Waals surface area contributed by atoms with Crippen LogP contribution in [0.5, 0.6) is 0 Å². The summed E-state index contributed by atoms with van der Waals surface area (Å²) in [5, 5.41) is 21.8. The number of imide groups is 1. The number of benzene rings is 2. The molecule has 0 bridgehead atoms. The summed E-state index contributed by atoms with van der Waals surface area (Å²) in [5.74, 6) is -0.200. The number of hydrogen-bond donors (Lipinski definition) is 2. The summed E-state index contributed by atoms with van der Waals surface area (Å²) in [6.07, 6.45) is 0.467. The van der Waals surface area contributed by atoms with E-state index in [1.165, 1.54) is 24.8 Å². The third-order valence-corrected chi connectivity index (χ3v) is 5.97. The summed E-state index contributed by atoms with van der Waals surface area (Å²) >= 11 is 0. The van der Waals surface area contributed by atoms with Crippen molar-refractivity contribution in [1.82, 2.24) is 10.2 Å². The van der Waals surface area contributed by atoms with Gasteiger partial charge in [0, 0.05) is 24.2 Å². The maximum Gasteiger partial charge on any atom is 0.337 e. The smallest absolute Gasteiger partial charge is 0.337 e. The standard InChI is InChI=1S/C26H25FN4O4/c1-26(2,35)15-29-24(33)31-23(18-8-6-16(14-28)7-9-18)22-20(10-11-21(22)32)30(25(31)34)19-5-3-4-17(12-19)13-27/h3-9,12,23,35H,10-11,13,15H2,1-2H3,(H,29,33)/t23-/m0/s1. The lowest BCUT2D eigenvalue weighted by Gasteiger charge is -2.41. The van der Waals surface area contributed by atoms with E-state index in [-0.39, 0.29) is 18.7 Å². The van der Waals surface area contributed by atoms with E-state index in [4.69, 9.17) is 5.26 Å². The molecule has 0 saturated carbocycles. The Morgan fingerprint density at radius 2 is 1.91 bits per heavy atom. The molecular weight excluding hydrogens is 451 g/mol. The lowest BCUT2D eigenvalue weighted by molar-refractivity contribution is -0.115. The van der Waals surface area contributed by atoms with Crippen LogP contribution in [0.1, 0.15) is 49.4 Å². The Morgan fingerprint density at radius 3 is 2.54 bits per heavy atom. The van der Waals surface area contributed by atoms with Crippen molar-refractivity contribution in [3.8, 4) is 6.07 Å². The lowest BCUT2D eigenvalue weighted by Crippen LogP contribution is -2.56. The number of ketones is 1. The number of urea groups is 2. The molecule has 0 unspecified atom stereocenters. The maximum atomic E-state index is 13.9. The van der Waals surface area contributed by atoms with E-state index in [0.29, 0.717) is 40.1 Å². The number of anilines is 1. The lowest BCUT2D eigenvalue weighted by atomic mass is 9.92. The summed E-state index contributed by atoms with van der Waals surface area (Å²) in [5.41, 5.74) is 1.14. The fourth-order valence-corrected chi connectivity index (χ4v) is 4.35. The molecule has 2 aromatic rings. The summed E-state index contributed by atoms with van der Waals surface area (Å²) in [6.45, 7) is 2.16. The second-order valence-electron chi connectivity index (χ2n) is 9.18. The molecule has 180 valence electrons. The Balaban J connectivity index is 1.88. The molecule has 9 heteroatoms. The van der Waals surface area contributed by atoms with Crippen LogP contribution in [0.2, 0.25) is 0 Å². The van der Waals surface area contributed by atoms with Gasteiger partial charge in [-0.2, -0.15) is 5.26 Å². The molecule has 2 N–H and O–H groups in total. The van der Waals surface area contributed by atoms with Crippen LogP contribution in [0.4, 0.5) is 19.7 Å². The van der Waals surface area contributed by atoms with Crippen LogP contribution in [0, 0.1) is 11.3 Å². The van der Waals surface area contributed by atoms with Gasteiger partial charge in [0.25, 0.3) is 0 Å².